The second-order valence-electron chi connectivity index (χ2n) is 5.37. The van der Waals surface area contributed by atoms with Crippen LogP contribution in [0.2, 0.25) is 0 Å². The van der Waals surface area contributed by atoms with Gasteiger partial charge in [-0.2, -0.15) is 0 Å². The number of nitrogens with two attached hydrogens (primary N) is 1. The molecule has 0 unspecified atom stereocenters. The van der Waals surface area contributed by atoms with Gasteiger partial charge in [0.1, 0.15) is 5.82 Å². The third-order valence-corrected chi connectivity index (χ3v) is 3.33. The molecular weight excluding hydrogens is 231 g/mol. The number of hydrogen-bond donors (Lipinski definition) is 1. The lowest BCUT2D eigenvalue weighted by molar-refractivity contribution is 0.0643. The molecule has 4 heteroatoms. The molecule has 0 bridgehead atoms. The smallest absolute Gasteiger partial charge is 0.125 e. The molecule has 0 saturated carbocycles. The van der Waals surface area contributed by atoms with Crippen molar-refractivity contribution in [2.45, 2.75) is 25.8 Å². The number of anilines is 1. The Balaban J connectivity index is 2.31. The number of nitrogens with zero attached hydrogens (tertiary/aromatic N) is 1. The first-order chi connectivity index (χ1) is 8.53. The molecule has 1 aromatic rings. The summed E-state index contributed by atoms with van der Waals surface area (Å²) in [7, 11) is 0. The van der Waals surface area contributed by atoms with Crippen LogP contribution >= 0.6 is 0 Å². The Bertz CT molecular complexity index is 420. The van der Waals surface area contributed by atoms with E-state index in [2.05, 4.69) is 18.7 Å². The van der Waals surface area contributed by atoms with Crippen molar-refractivity contribution >= 4 is 5.69 Å². The third-order valence-electron chi connectivity index (χ3n) is 3.33. The van der Waals surface area contributed by atoms with Crippen molar-refractivity contribution in [3.63, 3.8) is 0 Å². The molecule has 2 rings (SSSR count). The van der Waals surface area contributed by atoms with Crippen LogP contribution in [0.4, 0.5) is 10.1 Å². The quantitative estimate of drug-likeness (QED) is 0.893. The molecule has 1 aromatic carbocycles. The van der Waals surface area contributed by atoms with E-state index in [0.717, 1.165) is 17.8 Å². The lowest BCUT2D eigenvalue weighted by atomic mass is 10.0. The van der Waals surface area contributed by atoms with Crippen LogP contribution in [0, 0.1) is 5.82 Å². The summed E-state index contributed by atoms with van der Waals surface area (Å²) in [5.41, 5.74) is 7.31. The summed E-state index contributed by atoms with van der Waals surface area (Å²) in [4.78, 5) is 2.21. The van der Waals surface area contributed by atoms with Crippen LogP contribution in [0.3, 0.4) is 0 Å². The number of halogens is 1. The first-order valence-corrected chi connectivity index (χ1v) is 6.38. The SMILES string of the molecule is CC1(C)COCCN1c1cc(F)cc(CCN)c1. The monoisotopic (exact) mass is 252 g/mol. The van der Waals surface area contributed by atoms with Gasteiger partial charge in [-0.25, -0.2) is 4.39 Å². The molecular formula is C14H21FN2O. The summed E-state index contributed by atoms with van der Waals surface area (Å²) in [6, 6.07) is 5.18. The average molecular weight is 252 g/mol. The Labute approximate surface area is 108 Å². The maximum Gasteiger partial charge on any atom is 0.125 e. The molecule has 0 amide bonds. The van der Waals surface area contributed by atoms with E-state index in [0.29, 0.717) is 26.2 Å². The van der Waals surface area contributed by atoms with E-state index < -0.39 is 0 Å². The molecule has 1 saturated heterocycles. The van der Waals surface area contributed by atoms with Crippen LogP contribution in [-0.2, 0) is 11.2 Å². The van der Waals surface area contributed by atoms with E-state index in [-0.39, 0.29) is 11.4 Å². The van der Waals surface area contributed by atoms with Crippen LogP contribution < -0.4 is 10.6 Å². The number of rotatable bonds is 3. The summed E-state index contributed by atoms with van der Waals surface area (Å²) in [5, 5.41) is 0. The van der Waals surface area contributed by atoms with Crippen molar-refractivity contribution in [2.75, 3.05) is 31.2 Å². The fourth-order valence-corrected chi connectivity index (χ4v) is 2.44. The minimum Gasteiger partial charge on any atom is -0.377 e. The van der Waals surface area contributed by atoms with Gasteiger partial charge in [0.15, 0.2) is 0 Å². The molecule has 1 aliphatic heterocycles. The highest BCUT2D eigenvalue weighted by atomic mass is 19.1. The lowest BCUT2D eigenvalue weighted by Gasteiger charge is -2.44. The molecule has 0 atom stereocenters. The molecule has 0 radical (unpaired) electrons. The van der Waals surface area contributed by atoms with Crippen LogP contribution in [0.15, 0.2) is 18.2 Å². The standard InChI is InChI=1S/C14H21FN2O/c1-14(2)10-18-6-5-17(14)13-8-11(3-4-16)7-12(15)9-13/h7-9H,3-6,10,16H2,1-2H3. The van der Waals surface area contributed by atoms with Crippen molar-refractivity contribution in [3.05, 3.63) is 29.6 Å². The summed E-state index contributed by atoms with van der Waals surface area (Å²) in [5.74, 6) is -0.196. The van der Waals surface area contributed by atoms with Crippen molar-refractivity contribution in [1.82, 2.24) is 0 Å². The molecule has 1 fully saturated rings. The van der Waals surface area contributed by atoms with Gasteiger partial charge in [0.05, 0.1) is 18.8 Å². The van der Waals surface area contributed by atoms with Crippen molar-refractivity contribution in [2.24, 2.45) is 5.73 Å². The van der Waals surface area contributed by atoms with E-state index in [4.69, 9.17) is 10.5 Å². The molecule has 18 heavy (non-hydrogen) atoms. The zero-order valence-corrected chi connectivity index (χ0v) is 11.1. The minimum atomic E-state index is -0.196. The fraction of sp³-hybridized carbons (Fsp3) is 0.571. The van der Waals surface area contributed by atoms with E-state index in [9.17, 15) is 4.39 Å². The Morgan fingerprint density at radius 1 is 1.39 bits per heavy atom. The molecule has 3 nitrogen and oxygen atoms in total. The summed E-state index contributed by atoms with van der Waals surface area (Å²) in [6.07, 6.45) is 0.704. The van der Waals surface area contributed by atoms with Gasteiger partial charge in [-0.3, -0.25) is 0 Å². The van der Waals surface area contributed by atoms with E-state index in [1.165, 1.54) is 0 Å². The Morgan fingerprint density at radius 2 is 2.17 bits per heavy atom. The van der Waals surface area contributed by atoms with Crippen molar-refractivity contribution in [1.29, 1.82) is 0 Å². The number of morpholine rings is 1. The van der Waals surface area contributed by atoms with Gasteiger partial charge in [0.25, 0.3) is 0 Å². The van der Waals surface area contributed by atoms with Crippen molar-refractivity contribution < 1.29 is 9.13 Å². The van der Waals surface area contributed by atoms with Crippen LogP contribution in [0.25, 0.3) is 0 Å². The third kappa shape index (κ3) is 2.82. The number of ether oxygens (including phenoxy) is 1. The largest absolute Gasteiger partial charge is 0.377 e. The Hall–Kier alpha value is -1.13. The molecule has 1 aliphatic rings. The topological polar surface area (TPSA) is 38.5 Å². The fourth-order valence-electron chi connectivity index (χ4n) is 2.44. The molecule has 2 N–H and O–H groups in total. The minimum absolute atomic E-state index is 0.105. The predicted molar refractivity (Wildman–Crippen MR) is 71.4 cm³/mol. The first kappa shape index (κ1) is 13.3. The summed E-state index contributed by atoms with van der Waals surface area (Å²) >= 11 is 0. The van der Waals surface area contributed by atoms with Crippen LogP contribution in [0.1, 0.15) is 19.4 Å². The second-order valence-corrected chi connectivity index (χ2v) is 5.37. The van der Waals surface area contributed by atoms with Crippen molar-refractivity contribution in [3.8, 4) is 0 Å². The molecule has 0 spiro atoms. The highest BCUT2D eigenvalue weighted by Gasteiger charge is 2.30. The number of benzene rings is 1. The van der Waals surface area contributed by atoms with E-state index in [1.54, 1.807) is 12.1 Å². The normalized spacial score (nSPS) is 19.0. The zero-order chi connectivity index (χ0) is 13.2. The summed E-state index contributed by atoms with van der Waals surface area (Å²) < 4.78 is 19.1. The molecule has 0 aliphatic carbocycles. The highest BCUT2D eigenvalue weighted by Crippen LogP contribution is 2.28. The zero-order valence-electron chi connectivity index (χ0n) is 11.1. The maximum absolute atomic E-state index is 13.7. The van der Waals surface area contributed by atoms with E-state index in [1.807, 2.05) is 6.07 Å². The van der Waals surface area contributed by atoms with Gasteiger partial charge in [-0.1, -0.05) is 0 Å². The van der Waals surface area contributed by atoms with Gasteiger partial charge in [-0.05, 0) is 50.6 Å². The lowest BCUT2D eigenvalue weighted by Crippen LogP contribution is -2.53. The van der Waals surface area contributed by atoms with Gasteiger partial charge >= 0.3 is 0 Å². The van der Waals surface area contributed by atoms with Gasteiger partial charge in [-0.15, -0.1) is 0 Å². The van der Waals surface area contributed by atoms with Gasteiger partial charge in [0.2, 0.25) is 0 Å². The Kier molecular flexibility index (Phi) is 3.88. The predicted octanol–water partition coefficient (Wildman–Crippen LogP) is 1.94. The van der Waals surface area contributed by atoms with E-state index >= 15 is 0 Å². The Morgan fingerprint density at radius 3 is 2.83 bits per heavy atom. The maximum atomic E-state index is 13.7. The second kappa shape index (κ2) is 5.24. The molecule has 100 valence electrons. The molecule has 1 heterocycles. The highest BCUT2D eigenvalue weighted by molar-refractivity contribution is 5.51. The first-order valence-electron chi connectivity index (χ1n) is 6.38. The van der Waals surface area contributed by atoms with Gasteiger partial charge in [0, 0.05) is 12.2 Å². The van der Waals surface area contributed by atoms with Crippen LogP contribution in [-0.4, -0.2) is 31.8 Å². The number of hydrogen-bond acceptors (Lipinski definition) is 3. The molecule has 0 aromatic heterocycles. The summed E-state index contributed by atoms with van der Waals surface area (Å²) in [6.45, 7) is 6.90. The van der Waals surface area contributed by atoms with Gasteiger partial charge < -0.3 is 15.4 Å². The average Bonchev–Trinajstić information content (AvgIpc) is 2.27. The van der Waals surface area contributed by atoms with Crippen LogP contribution in [0.5, 0.6) is 0 Å².